The van der Waals surface area contributed by atoms with Crippen molar-refractivity contribution in [1.29, 1.82) is 0 Å². The maximum Gasteiger partial charge on any atom is 0.409 e. The lowest BCUT2D eigenvalue weighted by molar-refractivity contribution is 0.111. The molecule has 1 saturated heterocycles. The second-order valence-electron chi connectivity index (χ2n) is 5.51. The van der Waals surface area contributed by atoms with E-state index in [9.17, 15) is 4.79 Å². The average molecular weight is 426 g/mol. The number of likely N-dealkylation sites (tertiary alicyclic amines) is 1. The molecular weight excluding hydrogens is 395 g/mol. The van der Waals surface area contributed by atoms with Gasteiger partial charge in [0.1, 0.15) is 0 Å². The Morgan fingerprint density at radius 2 is 1.91 bits per heavy atom. The van der Waals surface area contributed by atoms with Crippen LogP contribution in [0.25, 0.3) is 0 Å². The number of methoxy groups -OCH3 is 1. The molecule has 1 aliphatic rings. The van der Waals surface area contributed by atoms with Crippen molar-refractivity contribution in [2.45, 2.75) is 45.6 Å². The van der Waals surface area contributed by atoms with Crippen LogP contribution in [0.5, 0.6) is 0 Å². The van der Waals surface area contributed by atoms with Crippen molar-refractivity contribution in [2.24, 2.45) is 10.9 Å². The van der Waals surface area contributed by atoms with E-state index >= 15 is 0 Å². The number of aliphatic imine (C=N–C) groups is 1. The predicted octanol–water partition coefficient (Wildman–Crippen LogP) is 2.44. The minimum atomic E-state index is -0.232. The van der Waals surface area contributed by atoms with Gasteiger partial charge < -0.3 is 20.3 Å². The maximum atomic E-state index is 11.4. The van der Waals surface area contributed by atoms with Gasteiger partial charge in [0.2, 0.25) is 0 Å². The van der Waals surface area contributed by atoms with Gasteiger partial charge >= 0.3 is 6.09 Å². The maximum absolute atomic E-state index is 11.4. The van der Waals surface area contributed by atoms with Crippen molar-refractivity contribution in [3.8, 4) is 0 Å². The standard InChI is InChI=1S/C15H30N4O2.HI/c1-5-12(6-2)11-17-14(16-3)18-13-7-9-19(10-8-13)15(20)21-4;/h12-13H,5-11H2,1-4H3,(H2,16,17,18);1H. The molecule has 0 saturated carbocycles. The molecule has 0 aromatic heterocycles. The quantitative estimate of drug-likeness (QED) is 0.403. The van der Waals surface area contributed by atoms with Gasteiger partial charge in [0.25, 0.3) is 0 Å². The van der Waals surface area contributed by atoms with Crippen molar-refractivity contribution in [3.63, 3.8) is 0 Å². The van der Waals surface area contributed by atoms with E-state index in [1.165, 1.54) is 20.0 Å². The third-order valence-corrected chi connectivity index (χ3v) is 4.21. The van der Waals surface area contributed by atoms with E-state index in [1.54, 1.807) is 11.9 Å². The summed E-state index contributed by atoms with van der Waals surface area (Å²) in [6, 6.07) is 0.360. The summed E-state index contributed by atoms with van der Waals surface area (Å²) in [7, 11) is 3.22. The van der Waals surface area contributed by atoms with Crippen molar-refractivity contribution >= 4 is 36.0 Å². The summed E-state index contributed by atoms with van der Waals surface area (Å²) in [4.78, 5) is 17.5. The monoisotopic (exact) mass is 426 g/mol. The van der Waals surface area contributed by atoms with E-state index in [0.717, 1.165) is 38.4 Å². The fraction of sp³-hybridized carbons (Fsp3) is 0.867. The summed E-state index contributed by atoms with van der Waals surface area (Å²) < 4.78 is 4.75. The van der Waals surface area contributed by atoms with Crippen LogP contribution in [0.15, 0.2) is 4.99 Å². The van der Waals surface area contributed by atoms with Crippen LogP contribution in [0.2, 0.25) is 0 Å². The third kappa shape index (κ3) is 7.02. The van der Waals surface area contributed by atoms with Gasteiger partial charge in [-0.3, -0.25) is 4.99 Å². The van der Waals surface area contributed by atoms with E-state index in [2.05, 4.69) is 29.5 Å². The Hall–Kier alpha value is -0.730. The molecule has 0 spiro atoms. The van der Waals surface area contributed by atoms with Crippen molar-refractivity contribution < 1.29 is 9.53 Å². The molecule has 0 bridgehead atoms. The Morgan fingerprint density at radius 1 is 1.32 bits per heavy atom. The highest BCUT2D eigenvalue weighted by molar-refractivity contribution is 14.0. The van der Waals surface area contributed by atoms with Gasteiger partial charge in [0.05, 0.1) is 7.11 Å². The Morgan fingerprint density at radius 3 is 2.36 bits per heavy atom. The van der Waals surface area contributed by atoms with E-state index in [-0.39, 0.29) is 30.1 Å². The van der Waals surface area contributed by atoms with Crippen molar-refractivity contribution in [3.05, 3.63) is 0 Å². The van der Waals surface area contributed by atoms with Gasteiger partial charge in [-0.15, -0.1) is 24.0 Å². The predicted molar refractivity (Wildman–Crippen MR) is 101 cm³/mol. The first kappa shape index (κ1) is 21.3. The van der Waals surface area contributed by atoms with E-state index in [4.69, 9.17) is 4.74 Å². The number of piperidine rings is 1. The normalized spacial score (nSPS) is 16.2. The number of carbonyl (C=O) groups is 1. The van der Waals surface area contributed by atoms with Crippen LogP contribution in [-0.4, -0.2) is 56.8 Å². The molecule has 0 aromatic rings. The van der Waals surface area contributed by atoms with Gasteiger partial charge in [0, 0.05) is 32.7 Å². The van der Waals surface area contributed by atoms with E-state index in [1.807, 2.05) is 0 Å². The van der Waals surface area contributed by atoms with Crippen LogP contribution >= 0.6 is 24.0 Å². The number of amides is 1. The summed E-state index contributed by atoms with van der Waals surface area (Å²) in [6.07, 6.45) is 3.96. The Labute approximate surface area is 151 Å². The lowest BCUT2D eigenvalue weighted by Gasteiger charge is -2.32. The zero-order chi connectivity index (χ0) is 15.7. The fourth-order valence-electron chi connectivity index (χ4n) is 2.54. The first-order chi connectivity index (χ1) is 10.1. The molecular formula is C15H31IN4O2. The lowest BCUT2D eigenvalue weighted by atomic mass is 10.0. The zero-order valence-electron chi connectivity index (χ0n) is 14.2. The highest BCUT2D eigenvalue weighted by atomic mass is 127. The highest BCUT2D eigenvalue weighted by Gasteiger charge is 2.23. The third-order valence-electron chi connectivity index (χ3n) is 4.21. The highest BCUT2D eigenvalue weighted by Crippen LogP contribution is 2.11. The zero-order valence-corrected chi connectivity index (χ0v) is 16.6. The summed E-state index contributed by atoms with van der Waals surface area (Å²) in [5, 5.41) is 6.84. The molecule has 130 valence electrons. The van der Waals surface area contributed by atoms with Crippen LogP contribution in [0.3, 0.4) is 0 Å². The molecule has 1 fully saturated rings. The number of carbonyl (C=O) groups excluding carboxylic acids is 1. The number of nitrogens with zero attached hydrogens (tertiary/aromatic N) is 2. The molecule has 7 heteroatoms. The second-order valence-corrected chi connectivity index (χ2v) is 5.51. The number of hydrogen-bond acceptors (Lipinski definition) is 3. The lowest BCUT2D eigenvalue weighted by Crippen LogP contribution is -2.50. The topological polar surface area (TPSA) is 66.0 Å². The molecule has 1 heterocycles. The van der Waals surface area contributed by atoms with E-state index in [0.29, 0.717) is 12.0 Å². The molecule has 1 amide bonds. The second kappa shape index (κ2) is 11.8. The molecule has 0 aromatic carbocycles. The average Bonchev–Trinajstić information content (AvgIpc) is 2.54. The van der Waals surface area contributed by atoms with Gasteiger partial charge in [-0.25, -0.2) is 4.79 Å². The number of guanidine groups is 1. The first-order valence-corrected chi connectivity index (χ1v) is 7.94. The van der Waals surface area contributed by atoms with Crippen molar-refractivity contribution in [1.82, 2.24) is 15.5 Å². The van der Waals surface area contributed by atoms with Gasteiger partial charge in [-0.2, -0.15) is 0 Å². The summed E-state index contributed by atoms with van der Waals surface area (Å²) in [5.74, 6) is 1.54. The number of hydrogen-bond donors (Lipinski definition) is 2. The minimum Gasteiger partial charge on any atom is -0.453 e. The van der Waals surface area contributed by atoms with Crippen LogP contribution < -0.4 is 10.6 Å². The minimum absolute atomic E-state index is 0. The molecule has 2 N–H and O–H groups in total. The molecule has 1 rings (SSSR count). The van der Waals surface area contributed by atoms with Crippen molar-refractivity contribution in [2.75, 3.05) is 33.8 Å². The SMILES string of the molecule is CCC(CC)CNC(=NC)NC1CCN(C(=O)OC)CC1.I. The van der Waals surface area contributed by atoms with Gasteiger partial charge in [-0.1, -0.05) is 26.7 Å². The molecule has 0 atom stereocenters. The van der Waals surface area contributed by atoms with Crippen LogP contribution in [0.1, 0.15) is 39.5 Å². The van der Waals surface area contributed by atoms with Gasteiger partial charge in [0.15, 0.2) is 5.96 Å². The Kier molecular flexibility index (Phi) is 11.4. The summed E-state index contributed by atoms with van der Waals surface area (Å²) >= 11 is 0. The van der Waals surface area contributed by atoms with Crippen LogP contribution in [-0.2, 0) is 4.74 Å². The van der Waals surface area contributed by atoms with Crippen LogP contribution in [0, 0.1) is 5.92 Å². The molecule has 0 unspecified atom stereocenters. The number of rotatable bonds is 5. The Balaban J connectivity index is 0.00000441. The van der Waals surface area contributed by atoms with Crippen LogP contribution in [0.4, 0.5) is 4.79 Å². The van der Waals surface area contributed by atoms with E-state index < -0.39 is 0 Å². The number of halogens is 1. The Bertz CT molecular complexity index is 340. The fourth-order valence-corrected chi connectivity index (χ4v) is 2.54. The van der Waals surface area contributed by atoms with Gasteiger partial charge in [-0.05, 0) is 18.8 Å². The summed E-state index contributed by atoms with van der Waals surface area (Å²) in [6.45, 7) is 6.85. The summed E-state index contributed by atoms with van der Waals surface area (Å²) in [5.41, 5.74) is 0. The smallest absolute Gasteiger partial charge is 0.409 e. The first-order valence-electron chi connectivity index (χ1n) is 7.94. The molecule has 6 nitrogen and oxygen atoms in total. The molecule has 0 radical (unpaired) electrons. The largest absolute Gasteiger partial charge is 0.453 e. The number of nitrogens with one attached hydrogen (secondary N) is 2. The molecule has 0 aliphatic carbocycles. The molecule has 1 aliphatic heterocycles. The number of ether oxygens (including phenoxy) is 1. The molecule has 22 heavy (non-hydrogen) atoms.